The summed E-state index contributed by atoms with van der Waals surface area (Å²) in [5.41, 5.74) is 2.80. The van der Waals surface area contributed by atoms with Crippen molar-refractivity contribution in [1.82, 2.24) is 19.7 Å². The van der Waals surface area contributed by atoms with Gasteiger partial charge in [0.1, 0.15) is 11.6 Å². The smallest absolute Gasteiger partial charge is 0.229 e. The molecule has 0 atom stereocenters. The van der Waals surface area contributed by atoms with Gasteiger partial charge in [0.2, 0.25) is 11.7 Å². The van der Waals surface area contributed by atoms with Gasteiger partial charge in [0.05, 0.1) is 27.0 Å². The Kier molecular flexibility index (Phi) is 5.76. The summed E-state index contributed by atoms with van der Waals surface area (Å²) in [7, 11) is 8.59. The van der Waals surface area contributed by atoms with E-state index in [0.29, 0.717) is 28.9 Å². The predicted molar refractivity (Wildman–Crippen MR) is 112 cm³/mol. The maximum atomic E-state index is 5.40. The molecule has 9 nitrogen and oxygen atoms in total. The number of benzene rings is 1. The molecule has 0 aliphatic rings. The summed E-state index contributed by atoms with van der Waals surface area (Å²) < 4.78 is 18.0. The van der Waals surface area contributed by atoms with Gasteiger partial charge in [-0.3, -0.25) is 4.68 Å². The zero-order valence-corrected chi connectivity index (χ0v) is 17.8. The molecule has 29 heavy (non-hydrogen) atoms. The molecule has 154 valence electrons. The highest BCUT2D eigenvalue weighted by atomic mass is 16.5. The Hall–Kier alpha value is -3.49. The summed E-state index contributed by atoms with van der Waals surface area (Å²) in [6.07, 6.45) is 1.71. The Morgan fingerprint density at radius 2 is 1.69 bits per heavy atom. The molecule has 0 saturated heterocycles. The van der Waals surface area contributed by atoms with Crippen molar-refractivity contribution in [3.63, 3.8) is 0 Å². The topological polar surface area (TPSA) is 86.6 Å². The highest BCUT2D eigenvalue weighted by Gasteiger charge is 2.17. The van der Waals surface area contributed by atoms with E-state index in [1.807, 2.05) is 43.6 Å². The molecule has 3 rings (SSSR count). The molecule has 0 saturated carbocycles. The SMILES string of the molecule is COc1cc(Nc2nccc(N(C)c3c(C)c(C)nn3C)n2)cc(OC)c1OC. The molecule has 0 aliphatic heterocycles. The second-order valence-electron chi connectivity index (χ2n) is 6.49. The molecular formula is C20H26N6O3. The number of rotatable bonds is 7. The number of nitrogens with zero attached hydrogens (tertiary/aromatic N) is 5. The van der Waals surface area contributed by atoms with Gasteiger partial charge in [-0.05, 0) is 19.9 Å². The molecule has 0 fully saturated rings. The van der Waals surface area contributed by atoms with Crippen LogP contribution in [-0.4, -0.2) is 48.1 Å². The second-order valence-corrected chi connectivity index (χ2v) is 6.49. The van der Waals surface area contributed by atoms with Crippen molar-refractivity contribution in [3.05, 3.63) is 35.7 Å². The lowest BCUT2D eigenvalue weighted by molar-refractivity contribution is 0.324. The quantitative estimate of drug-likeness (QED) is 0.648. The number of nitrogens with one attached hydrogen (secondary N) is 1. The third-order valence-corrected chi connectivity index (χ3v) is 4.71. The molecule has 0 spiro atoms. The molecule has 0 amide bonds. The van der Waals surface area contributed by atoms with Crippen molar-refractivity contribution in [2.24, 2.45) is 7.05 Å². The maximum absolute atomic E-state index is 5.40. The van der Waals surface area contributed by atoms with E-state index in [0.717, 1.165) is 22.9 Å². The lowest BCUT2D eigenvalue weighted by Gasteiger charge is -2.20. The molecule has 2 heterocycles. The first-order chi connectivity index (χ1) is 13.9. The third kappa shape index (κ3) is 3.89. The molecule has 2 aromatic heterocycles. The van der Waals surface area contributed by atoms with Crippen LogP contribution in [0.4, 0.5) is 23.3 Å². The normalized spacial score (nSPS) is 10.6. The summed E-state index contributed by atoms with van der Waals surface area (Å²) in [5, 5.41) is 7.68. The van der Waals surface area contributed by atoms with Crippen LogP contribution in [0.5, 0.6) is 17.2 Å². The van der Waals surface area contributed by atoms with Crippen molar-refractivity contribution in [2.75, 3.05) is 38.6 Å². The Bertz CT molecular complexity index is 992. The third-order valence-electron chi connectivity index (χ3n) is 4.71. The monoisotopic (exact) mass is 398 g/mol. The van der Waals surface area contributed by atoms with Gasteiger partial charge in [-0.2, -0.15) is 10.1 Å². The van der Waals surface area contributed by atoms with Gasteiger partial charge in [0, 0.05) is 43.7 Å². The number of ether oxygens (including phenoxy) is 3. The van der Waals surface area contributed by atoms with E-state index in [4.69, 9.17) is 14.2 Å². The van der Waals surface area contributed by atoms with Crippen LogP contribution in [0.3, 0.4) is 0 Å². The van der Waals surface area contributed by atoms with Crippen molar-refractivity contribution in [3.8, 4) is 17.2 Å². The molecular weight excluding hydrogens is 372 g/mol. The lowest BCUT2D eigenvalue weighted by Crippen LogP contribution is -2.16. The van der Waals surface area contributed by atoms with E-state index in [1.165, 1.54) is 0 Å². The fourth-order valence-electron chi connectivity index (χ4n) is 3.21. The van der Waals surface area contributed by atoms with Crippen molar-refractivity contribution >= 4 is 23.3 Å². The van der Waals surface area contributed by atoms with Crippen molar-refractivity contribution < 1.29 is 14.2 Å². The average molecular weight is 398 g/mol. The van der Waals surface area contributed by atoms with E-state index < -0.39 is 0 Å². The van der Waals surface area contributed by atoms with Gasteiger partial charge >= 0.3 is 0 Å². The second kappa shape index (κ2) is 8.26. The Morgan fingerprint density at radius 1 is 1.03 bits per heavy atom. The first-order valence-corrected chi connectivity index (χ1v) is 9.03. The van der Waals surface area contributed by atoms with E-state index in [9.17, 15) is 0 Å². The molecule has 3 aromatic rings. The zero-order valence-electron chi connectivity index (χ0n) is 17.8. The Morgan fingerprint density at radius 3 is 2.21 bits per heavy atom. The van der Waals surface area contributed by atoms with Crippen LogP contribution >= 0.6 is 0 Å². The molecule has 0 bridgehead atoms. The standard InChI is InChI=1S/C20H26N6O3/c1-12-13(2)24-26(4)19(12)25(3)17-8-9-21-20(23-17)22-14-10-15(27-5)18(29-7)16(11-14)28-6/h8-11H,1-7H3,(H,21,22,23). The van der Waals surface area contributed by atoms with Crippen LogP contribution in [0.15, 0.2) is 24.4 Å². The van der Waals surface area contributed by atoms with Gasteiger partial charge in [0.15, 0.2) is 11.5 Å². The number of hydrogen-bond donors (Lipinski definition) is 1. The first kappa shape index (κ1) is 20.2. The maximum Gasteiger partial charge on any atom is 0.229 e. The van der Waals surface area contributed by atoms with Gasteiger partial charge < -0.3 is 24.4 Å². The van der Waals surface area contributed by atoms with E-state index >= 15 is 0 Å². The number of hydrogen-bond acceptors (Lipinski definition) is 8. The molecule has 0 aliphatic carbocycles. The summed E-state index contributed by atoms with van der Waals surface area (Å²) in [5.74, 6) is 3.77. The molecule has 9 heteroatoms. The number of aryl methyl sites for hydroxylation is 2. The summed E-state index contributed by atoms with van der Waals surface area (Å²) in [4.78, 5) is 11.0. The van der Waals surface area contributed by atoms with E-state index in [1.54, 1.807) is 39.7 Å². The van der Waals surface area contributed by atoms with Gasteiger partial charge in [-0.15, -0.1) is 0 Å². The molecule has 0 radical (unpaired) electrons. The first-order valence-electron chi connectivity index (χ1n) is 9.03. The van der Waals surface area contributed by atoms with Crippen LogP contribution in [0.25, 0.3) is 0 Å². The minimum absolute atomic E-state index is 0.445. The minimum Gasteiger partial charge on any atom is -0.493 e. The fourth-order valence-corrected chi connectivity index (χ4v) is 3.21. The Labute approximate surface area is 170 Å². The highest BCUT2D eigenvalue weighted by Crippen LogP contribution is 2.40. The van der Waals surface area contributed by atoms with Crippen molar-refractivity contribution in [2.45, 2.75) is 13.8 Å². The van der Waals surface area contributed by atoms with E-state index in [2.05, 4.69) is 20.4 Å². The lowest BCUT2D eigenvalue weighted by atomic mass is 10.2. The number of methoxy groups -OCH3 is 3. The van der Waals surface area contributed by atoms with Gasteiger partial charge in [0.25, 0.3) is 0 Å². The van der Waals surface area contributed by atoms with Crippen LogP contribution in [-0.2, 0) is 7.05 Å². The Balaban J connectivity index is 1.93. The summed E-state index contributed by atoms with van der Waals surface area (Å²) in [6.45, 7) is 4.04. The van der Waals surface area contributed by atoms with Crippen LogP contribution < -0.4 is 24.4 Å². The average Bonchev–Trinajstić information content (AvgIpc) is 2.98. The summed E-state index contributed by atoms with van der Waals surface area (Å²) >= 11 is 0. The largest absolute Gasteiger partial charge is 0.493 e. The van der Waals surface area contributed by atoms with Crippen LogP contribution in [0.2, 0.25) is 0 Å². The predicted octanol–water partition coefficient (Wildman–Crippen LogP) is 3.36. The van der Waals surface area contributed by atoms with Crippen molar-refractivity contribution in [1.29, 1.82) is 0 Å². The highest BCUT2D eigenvalue weighted by molar-refractivity contribution is 5.67. The summed E-state index contributed by atoms with van der Waals surface area (Å²) in [6, 6.07) is 5.45. The van der Waals surface area contributed by atoms with Gasteiger partial charge in [-0.25, -0.2) is 4.98 Å². The molecule has 1 aromatic carbocycles. The minimum atomic E-state index is 0.445. The van der Waals surface area contributed by atoms with Crippen LogP contribution in [0.1, 0.15) is 11.3 Å². The number of aromatic nitrogens is 4. The molecule has 0 unspecified atom stereocenters. The van der Waals surface area contributed by atoms with Crippen LogP contribution in [0, 0.1) is 13.8 Å². The number of anilines is 4. The fraction of sp³-hybridized carbons (Fsp3) is 0.350. The van der Waals surface area contributed by atoms with E-state index in [-0.39, 0.29) is 0 Å². The molecule has 1 N–H and O–H groups in total. The zero-order chi connectivity index (χ0) is 21.1. The van der Waals surface area contributed by atoms with Gasteiger partial charge in [-0.1, -0.05) is 0 Å².